The summed E-state index contributed by atoms with van der Waals surface area (Å²) in [6, 6.07) is 7.97. The minimum atomic E-state index is 0.855. The molecule has 0 fully saturated rings. The summed E-state index contributed by atoms with van der Waals surface area (Å²) in [4.78, 5) is 0. The molecular weight excluding hydrogens is 480 g/mol. The Morgan fingerprint density at radius 1 is 0.882 bits per heavy atom. The maximum Gasteiger partial charge on any atom is 0.150 e. The van der Waals surface area contributed by atoms with Crippen LogP contribution in [0.2, 0.25) is 0 Å². The quantitative estimate of drug-likeness (QED) is 0.327. The van der Waals surface area contributed by atoms with Gasteiger partial charge < -0.3 is 4.42 Å². The van der Waals surface area contributed by atoms with Crippen LogP contribution in [0.3, 0.4) is 0 Å². The molecule has 0 aliphatic heterocycles. The first-order valence-corrected chi connectivity index (χ1v) is 7.90. The monoisotopic (exact) mass is 480 g/mol. The van der Waals surface area contributed by atoms with Gasteiger partial charge in [0.1, 0.15) is 5.58 Å². The fourth-order valence-corrected chi connectivity index (χ4v) is 3.93. The molecule has 0 saturated carbocycles. The van der Waals surface area contributed by atoms with Crippen LogP contribution in [-0.2, 0) is 0 Å². The average molecular weight is 484 g/mol. The standard InChI is InChI=1S/C12H4Br4O/c13-5-1-2-9-6(3-5)10-11(16)7(14)4-8(15)12(10)17-9/h1-4H. The maximum atomic E-state index is 5.86. The van der Waals surface area contributed by atoms with Gasteiger partial charge in [0.05, 0.1) is 4.47 Å². The molecule has 0 saturated heterocycles. The van der Waals surface area contributed by atoms with Crippen LogP contribution in [0.1, 0.15) is 0 Å². The van der Waals surface area contributed by atoms with E-state index in [2.05, 4.69) is 69.8 Å². The molecule has 86 valence electrons. The number of hydrogen-bond acceptors (Lipinski definition) is 1. The number of halogens is 4. The van der Waals surface area contributed by atoms with Gasteiger partial charge in [0.2, 0.25) is 0 Å². The summed E-state index contributed by atoms with van der Waals surface area (Å²) < 4.78 is 9.84. The summed E-state index contributed by atoms with van der Waals surface area (Å²) in [6.45, 7) is 0. The lowest BCUT2D eigenvalue weighted by molar-refractivity contribution is 0.666. The number of fused-ring (bicyclic) bond motifs is 3. The Morgan fingerprint density at radius 2 is 1.65 bits per heavy atom. The van der Waals surface area contributed by atoms with Crippen molar-refractivity contribution in [2.24, 2.45) is 0 Å². The summed E-state index contributed by atoms with van der Waals surface area (Å²) in [5, 5.41) is 2.16. The van der Waals surface area contributed by atoms with Crippen LogP contribution in [0.5, 0.6) is 0 Å². The van der Waals surface area contributed by atoms with E-state index in [1.807, 2.05) is 18.2 Å². The van der Waals surface area contributed by atoms with Crippen LogP contribution in [0.25, 0.3) is 21.9 Å². The molecular formula is C12H4Br4O. The van der Waals surface area contributed by atoms with Gasteiger partial charge in [0, 0.05) is 24.2 Å². The predicted octanol–water partition coefficient (Wildman–Crippen LogP) is 6.64. The Balaban J connectivity index is 2.63. The highest BCUT2D eigenvalue weighted by atomic mass is 79.9. The molecule has 17 heavy (non-hydrogen) atoms. The van der Waals surface area contributed by atoms with Crippen LogP contribution < -0.4 is 0 Å². The van der Waals surface area contributed by atoms with Crippen LogP contribution in [0, 0.1) is 0 Å². The van der Waals surface area contributed by atoms with Crippen LogP contribution in [0.4, 0.5) is 0 Å². The van der Waals surface area contributed by atoms with Gasteiger partial charge in [-0.2, -0.15) is 0 Å². The Kier molecular flexibility index (Phi) is 3.14. The molecule has 0 spiro atoms. The second-order valence-electron chi connectivity index (χ2n) is 3.60. The minimum absolute atomic E-state index is 0.855. The van der Waals surface area contributed by atoms with Crippen molar-refractivity contribution in [3.05, 3.63) is 42.2 Å². The third kappa shape index (κ3) is 1.91. The molecule has 0 aliphatic rings. The molecule has 3 aromatic rings. The molecule has 0 N–H and O–H groups in total. The highest BCUT2D eigenvalue weighted by Gasteiger charge is 2.15. The third-order valence-electron chi connectivity index (χ3n) is 2.55. The molecule has 5 heteroatoms. The zero-order chi connectivity index (χ0) is 12.2. The van der Waals surface area contributed by atoms with Crippen molar-refractivity contribution >= 4 is 85.7 Å². The van der Waals surface area contributed by atoms with Gasteiger partial charge in [-0.1, -0.05) is 15.9 Å². The predicted molar refractivity (Wildman–Crippen MR) is 84.5 cm³/mol. The van der Waals surface area contributed by atoms with E-state index in [0.717, 1.165) is 39.8 Å². The minimum Gasteiger partial charge on any atom is -0.455 e. The van der Waals surface area contributed by atoms with Crippen molar-refractivity contribution in [2.45, 2.75) is 0 Å². The molecule has 1 heterocycles. The zero-order valence-corrected chi connectivity index (χ0v) is 14.6. The third-order valence-corrected chi connectivity index (χ3v) is 5.61. The second kappa shape index (κ2) is 4.37. The van der Waals surface area contributed by atoms with E-state index in [-0.39, 0.29) is 0 Å². The van der Waals surface area contributed by atoms with Crippen LogP contribution >= 0.6 is 63.7 Å². The molecule has 0 aliphatic carbocycles. The Bertz CT molecular complexity index is 745. The van der Waals surface area contributed by atoms with Crippen molar-refractivity contribution in [1.29, 1.82) is 0 Å². The van der Waals surface area contributed by atoms with Crippen LogP contribution in [0.15, 0.2) is 46.6 Å². The molecule has 1 aromatic heterocycles. The van der Waals surface area contributed by atoms with Gasteiger partial charge in [0.15, 0.2) is 5.58 Å². The smallest absolute Gasteiger partial charge is 0.150 e. The van der Waals surface area contributed by atoms with Crippen molar-refractivity contribution in [1.82, 2.24) is 0 Å². The first-order valence-electron chi connectivity index (χ1n) is 4.73. The lowest BCUT2D eigenvalue weighted by Gasteiger charge is -2.00. The normalized spacial score (nSPS) is 11.5. The number of furan rings is 1. The fourth-order valence-electron chi connectivity index (χ4n) is 1.82. The Morgan fingerprint density at radius 3 is 2.41 bits per heavy atom. The largest absolute Gasteiger partial charge is 0.455 e. The van der Waals surface area contributed by atoms with Gasteiger partial charge in [0.25, 0.3) is 0 Å². The number of hydrogen-bond donors (Lipinski definition) is 0. The highest BCUT2D eigenvalue weighted by molar-refractivity contribution is 9.13. The molecule has 1 nitrogen and oxygen atoms in total. The fraction of sp³-hybridized carbons (Fsp3) is 0. The number of rotatable bonds is 0. The van der Waals surface area contributed by atoms with E-state index < -0.39 is 0 Å². The van der Waals surface area contributed by atoms with Crippen LogP contribution in [-0.4, -0.2) is 0 Å². The summed E-state index contributed by atoms with van der Waals surface area (Å²) in [5.74, 6) is 0. The molecule has 2 aromatic carbocycles. The van der Waals surface area contributed by atoms with Crippen molar-refractivity contribution in [2.75, 3.05) is 0 Å². The van der Waals surface area contributed by atoms with E-state index in [1.165, 1.54) is 0 Å². The summed E-state index contributed by atoms with van der Waals surface area (Å²) in [7, 11) is 0. The van der Waals surface area contributed by atoms with E-state index in [9.17, 15) is 0 Å². The lowest BCUT2D eigenvalue weighted by atomic mass is 10.1. The number of benzene rings is 2. The van der Waals surface area contributed by atoms with Crippen molar-refractivity contribution in [3.63, 3.8) is 0 Å². The van der Waals surface area contributed by atoms with Gasteiger partial charge in [-0.25, -0.2) is 0 Å². The second-order valence-corrected chi connectivity index (χ2v) is 7.02. The SMILES string of the molecule is Brc1ccc2oc3c(Br)cc(Br)c(Br)c3c2c1. The average Bonchev–Trinajstić information content (AvgIpc) is 2.65. The Labute approximate surface area is 131 Å². The van der Waals surface area contributed by atoms with Crippen molar-refractivity contribution in [3.8, 4) is 0 Å². The zero-order valence-electron chi connectivity index (χ0n) is 8.23. The van der Waals surface area contributed by atoms with E-state index in [4.69, 9.17) is 4.42 Å². The molecule has 0 amide bonds. The van der Waals surface area contributed by atoms with Crippen molar-refractivity contribution < 1.29 is 4.42 Å². The van der Waals surface area contributed by atoms with Gasteiger partial charge in [-0.05, 0) is 72.1 Å². The molecule has 0 bridgehead atoms. The van der Waals surface area contributed by atoms with Gasteiger partial charge in [-0.3, -0.25) is 0 Å². The summed E-state index contributed by atoms with van der Waals surface area (Å²) in [6.07, 6.45) is 0. The lowest BCUT2D eigenvalue weighted by Crippen LogP contribution is -1.75. The van der Waals surface area contributed by atoms with Gasteiger partial charge >= 0.3 is 0 Å². The first-order chi connectivity index (χ1) is 8.08. The molecule has 0 atom stereocenters. The molecule has 0 radical (unpaired) electrons. The van der Waals surface area contributed by atoms with E-state index in [0.29, 0.717) is 0 Å². The van der Waals surface area contributed by atoms with E-state index in [1.54, 1.807) is 0 Å². The summed E-state index contributed by atoms with van der Waals surface area (Å²) >= 11 is 14.1. The highest BCUT2D eigenvalue weighted by Crippen LogP contribution is 2.42. The van der Waals surface area contributed by atoms with Gasteiger partial charge in [-0.15, -0.1) is 0 Å². The molecule has 0 unspecified atom stereocenters. The first kappa shape index (κ1) is 12.2. The maximum absolute atomic E-state index is 5.86. The van der Waals surface area contributed by atoms with E-state index >= 15 is 0 Å². The summed E-state index contributed by atoms with van der Waals surface area (Å²) in [5.41, 5.74) is 1.73. The Hall–Kier alpha value is 0.160. The molecule has 3 rings (SSSR count). The topological polar surface area (TPSA) is 13.1 Å².